The van der Waals surface area contributed by atoms with Gasteiger partial charge in [-0.15, -0.1) is 0 Å². The normalized spacial score (nSPS) is 11.7. The minimum absolute atomic E-state index is 0.0970. The fourth-order valence-electron chi connectivity index (χ4n) is 1.45. The third-order valence-corrected chi connectivity index (χ3v) is 2.70. The molecular formula is C14H18N2O3. The van der Waals surface area contributed by atoms with Gasteiger partial charge in [-0.25, -0.2) is 0 Å². The van der Waals surface area contributed by atoms with Crippen molar-refractivity contribution in [3.63, 3.8) is 0 Å². The highest BCUT2D eigenvalue weighted by molar-refractivity contribution is 5.77. The summed E-state index contributed by atoms with van der Waals surface area (Å²) in [4.78, 5) is 11.6. The molecule has 0 radical (unpaired) electrons. The van der Waals surface area contributed by atoms with Crippen LogP contribution in [0.5, 0.6) is 5.75 Å². The van der Waals surface area contributed by atoms with Crippen molar-refractivity contribution in [2.75, 3.05) is 13.2 Å². The third kappa shape index (κ3) is 4.98. The monoisotopic (exact) mass is 262 g/mol. The number of carbonyl (C=O) groups excluding carboxylic acids is 1. The quantitative estimate of drug-likeness (QED) is 0.803. The van der Waals surface area contributed by atoms with Gasteiger partial charge in [0.15, 0.2) is 6.61 Å². The van der Waals surface area contributed by atoms with Crippen molar-refractivity contribution >= 4 is 5.91 Å². The fourth-order valence-corrected chi connectivity index (χ4v) is 1.45. The average molecular weight is 262 g/mol. The van der Waals surface area contributed by atoms with Crippen LogP contribution in [0.25, 0.3) is 0 Å². The number of amides is 1. The minimum Gasteiger partial charge on any atom is -0.484 e. The van der Waals surface area contributed by atoms with Crippen LogP contribution in [0.2, 0.25) is 0 Å². The lowest BCUT2D eigenvalue weighted by atomic mass is 10.1. The summed E-state index contributed by atoms with van der Waals surface area (Å²) in [5, 5.41) is 20.4. The van der Waals surface area contributed by atoms with E-state index in [0.717, 1.165) is 0 Å². The SMILES string of the molecule is CC(C)C(CO)NC(=O)COc1ccc(C#N)cc1. The van der Waals surface area contributed by atoms with Crippen LogP contribution in [0.1, 0.15) is 19.4 Å². The molecule has 0 saturated carbocycles. The van der Waals surface area contributed by atoms with Crippen LogP contribution in [-0.4, -0.2) is 30.3 Å². The molecule has 0 saturated heterocycles. The largest absolute Gasteiger partial charge is 0.484 e. The highest BCUT2D eigenvalue weighted by Crippen LogP contribution is 2.11. The molecule has 0 spiro atoms. The number of ether oxygens (including phenoxy) is 1. The Labute approximate surface area is 112 Å². The average Bonchev–Trinajstić information content (AvgIpc) is 2.42. The summed E-state index contributed by atoms with van der Waals surface area (Å²) < 4.78 is 5.29. The van der Waals surface area contributed by atoms with Crippen molar-refractivity contribution in [2.24, 2.45) is 5.92 Å². The molecule has 1 rings (SSSR count). The van der Waals surface area contributed by atoms with Gasteiger partial charge in [0.1, 0.15) is 5.75 Å². The van der Waals surface area contributed by atoms with E-state index < -0.39 is 0 Å². The zero-order valence-corrected chi connectivity index (χ0v) is 11.1. The van der Waals surface area contributed by atoms with Gasteiger partial charge in [-0.2, -0.15) is 5.26 Å². The first-order chi connectivity index (χ1) is 9.06. The second-order valence-electron chi connectivity index (χ2n) is 4.53. The summed E-state index contributed by atoms with van der Waals surface area (Å²) in [5.74, 6) is 0.403. The van der Waals surface area contributed by atoms with Crippen molar-refractivity contribution in [2.45, 2.75) is 19.9 Å². The first-order valence-electron chi connectivity index (χ1n) is 6.10. The van der Waals surface area contributed by atoms with Gasteiger partial charge in [0.2, 0.25) is 0 Å². The second-order valence-corrected chi connectivity index (χ2v) is 4.53. The Morgan fingerprint density at radius 3 is 2.53 bits per heavy atom. The molecule has 5 nitrogen and oxygen atoms in total. The van der Waals surface area contributed by atoms with E-state index in [1.165, 1.54) is 0 Å². The Morgan fingerprint density at radius 1 is 1.42 bits per heavy atom. The molecule has 19 heavy (non-hydrogen) atoms. The summed E-state index contributed by atoms with van der Waals surface area (Å²) in [6.45, 7) is 3.63. The summed E-state index contributed by atoms with van der Waals surface area (Å²) in [7, 11) is 0. The molecule has 0 aromatic heterocycles. The van der Waals surface area contributed by atoms with E-state index in [1.807, 2.05) is 19.9 Å². The van der Waals surface area contributed by atoms with E-state index in [4.69, 9.17) is 15.1 Å². The van der Waals surface area contributed by atoms with Crippen molar-refractivity contribution in [3.05, 3.63) is 29.8 Å². The molecule has 1 atom stereocenters. The molecule has 0 aliphatic rings. The van der Waals surface area contributed by atoms with Gasteiger partial charge in [0, 0.05) is 0 Å². The maximum absolute atomic E-state index is 11.6. The number of benzene rings is 1. The van der Waals surface area contributed by atoms with Gasteiger partial charge in [-0.3, -0.25) is 4.79 Å². The molecule has 0 bridgehead atoms. The highest BCUT2D eigenvalue weighted by atomic mass is 16.5. The first kappa shape index (κ1) is 15.0. The Morgan fingerprint density at radius 2 is 2.05 bits per heavy atom. The number of carbonyl (C=O) groups is 1. The number of hydrogen-bond acceptors (Lipinski definition) is 4. The molecule has 102 valence electrons. The van der Waals surface area contributed by atoms with Crippen LogP contribution in [0.4, 0.5) is 0 Å². The molecule has 0 aliphatic heterocycles. The van der Waals surface area contributed by atoms with Crippen molar-refractivity contribution in [1.82, 2.24) is 5.32 Å². The Bertz CT molecular complexity index is 449. The Kier molecular flexibility index (Phi) is 5.83. The van der Waals surface area contributed by atoms with E-state index in [-0.39, 0.29) is 31.1 Å². The van der Waals surface area contributed by atoms with Gasteiger partial charge >= 0.3 is 0 Å². The van der Waals surface area contributed by atoms with Crippen LogP contribution in [-0.2, 0) is 4.79 Å². The van der Waals surface area contributed by atoms with Crippen LogP contribution in [0, 0.1) is 17.2 Å². The predicted octanol–water partition coefficient (Wildman–Crippen LogP) is 1.07. The van der Waals surface area contributed by atoms with Gasteiger partial charge in [0.25, 0.3) is 5.91 Å². The smallest absolute Gasteiger partial charge is 0.258 e. The van der Waals surface area contributed by atoms with Crippen LogP contribution in [0.15, 0.2) is 24.3 Å². The molecule has 0 fully saturated rings. The lowest BCUT2D eigenvalue weighted by molar-refractivity contribution is -0.124. The van der Waals surface area contributed by atoms with Gasteiger partial charge in [-0.05, 0) is 30.2 Å². The fraction of sp³-hybridized carbons (Fsp3) is 0.429. The van der Waals surface area contributed by atoms with E-state index in [1.54, 1.807) is 24.3 Å². The highest BCUT2D eigenvalue weighted by Gasteiger charge is 2.15. The number of aliphatic hydroxyl groups excluding tert-OH is 1. The van der Waals surface area contributed by atoms with Crippen molar-refractivity contribution in [1.29, 1.82) is 5.26 Å². The second kappa shape index (κ2) is 7.39. The maximum atomic E-state index is 11.6. The predicted molar refractivity (Wildman–Crippen MR) is 70.5 cm³/mol. The maximum Gasteiger partial charge on any atom is 0.258 e. The standard InChI is InChI=1S/C14H18N2O3/c1-10(2)13(8-17)16-14(18)9-19-12-5-3-11(7-15)4-6-12/h3-6,10,13,17H,8-9H2,1-2H3,(H,16,18). The molecular weight excluding hydrogens is 244 g/mol. The van der Waals surface area contributed by atoms with Crippen molar-refractivity contribution < 1.29 is 14.6 Å². The molecule has 5 heteroatoms. The molecule has 0 heterocycles. The van der Waals surface area contributed by atoms with E-state index in [0.29, 0.717) is 11.3 Å². The summed E-state index contributed by atoms with van der Waals surface area (Å²) >= 11 is 0. The summed E-state index contributed by atoms with van der Waals surface area (Å²) in [5.41, 5.74) is 0.539. The lowest BCUT2D eigenvalue weighted by Gasteiger charge is -2.19. The molecule has 1 amide bonds. The number of hydrogen-bond donors (Lipinski definition) is 2. The Hall–Kier alpha value is -2.06. The van der Waals surface area contributed by atoms with Gasteiger partial charge in [0.05, 0.1) is 24.3 Å². The molecule has 1 aromatic rings. The topological polar surface area (TPSA) is 82.3 Å². The van der Waals surface area contributed by atoms with Crippen molar-refractivity contribution in [3.8, 4) is 11.8 Å². The number of aliphatic hydroxyl groups is 1. The van der Waals surface area contributed by atoms with Crippen LogP contribution in [0.3, 0.4) is 0 Å². The molecule has 0 aliphatic carbocycles. The van der Waals surface area contributed by atoms with E-state index in [9.17, 15) is 4.79 Å². The van der Waals surface area contributed by atoms with E-state index in [2.05, 4.69) is 5.32 Å². The summed E-state index contributed by atoms with van der Waals surface area (Å²) in [6.07, 6.45) is 0. The lowest BCUT2D eigenvalue weighted by Crippen LogP contribution is -2.43. The summed E-state index contributed by atoms with van der Waals surface area (Å²) in [6, 6.07) is 8.26. The number of nitrogens with one attached hydrogen (secondary N) is 1. The Balaban J connectivity index is 2.43. The molecule has 1 aromatic carbocycles. The molecule has 1 unspecified atom stereocenters. The number of nitrogens with zero attached hydrogens (tertiary/aromatic N) is 1. The first-order valence-corrected chi connectivity index (χ1v) is 6.10. The zero-order valence-electron chi connectivity index (χ0n) is 11.1. The zero-order chi connectivity index (χ0) is 14.3. The van der Waals surface area contributed by atoms with E-state index >= 15 is 0 Å². The van der Waals surface area contributed by atoms with Crippen LogP contribution >= 0.6 is 0 Å². The number of nitriles is 1. The van der Waals surface area contributed by atoms with Gasteiger partial charge in [-0.1, -0.05) is 13.8 Å². The third-order valence-electron chi connectivity index (χ3n) is 2.70. The van der Waals surface area contributed by atoms with Gasteiger partial charge < -0.3 is 15.2 Å². The minimum atomic E-state index is -0.280. The van der Waals surface area contributed by atoms with Crippen LogP contribution < -0.4 is 10.1 Å². The molecule has 2 N–H and O–H groups in total. The number of rotatable bonds is 6.